The quantitative estimate of drug-likeness (QED) is 0.614. The van der Waals surface area contributed by atoms with Gasteiger partial charge < -0.3 is 4.42 Å². The maximum absolute atomic E-state index is 5.54. The molecular weight excluding hydrogens is 244 g/mol. The van der Waals surface area contributed by atoms with Gasteiger partial charge in [-0.25, -0.2) is 9.97 Å². The Labute approximate surface area is 87.9 Å². The zero-order valence-corrected chi connectivity index (χ0v) is 8.65. The summed E-state index contributed by atoms with van der Waals surface area (Å²) < 4.78 is 6.56. The standard InChI is InChI=1S/C10H5BrN2O/c11-6-1-2-9-7(3-6)8-4-12-5-13-10(8)14-9/h1-5H. The van der Waals surface area contributed by atoms with Crippen LogP contribution >= 0.6 is 15.9 Å². The summed E-state index contributed by atoms with van der Waals surface area (Å²) in [5, 5.41) is 1.98. The molecule has 0 atom stereocenters. The van der Waals surface area contributed by atoms with Gasteiger partial charge in [0.25, 0.3) is 0 Å². The lowest BCUT2D eigenvalue weighted by atomic mass is 10.2. The van der Waals surface area contributed by atoms with E-state index in [2.05, 4.69) is 25.9 Å². The van der Waals surface area contributed by atoms with Crippen LogP contribution in [0.2, 0.25) is 0 Å². The van der Waals surface area contributed by atoms with Crippen molar-refractivity contribution in [2.45, 2.75) is 0 Å². The van der Waals surface area contributed by atoms with Gasteiger partial charge in [0.15, 0.2) is 0 Å². The number of fused-ring (bicyclic) bond motifs is 3. The molecule has 4 heteroatoms. The van der Waals surface area contributed by atoms with Crippen LogP contribution in [0.3, 0.4) is 0 Å². The van der Waals surface area contributed by atoms with Crippen LogP contribution in [0.5, 0.6) is 0 Å². The smallest absolute Gasteiger partial charge is 0.230 e. The number of nitrogens with zero attached hydrogens (tertiary/aromatic N) is 2. The summed E-state index contributed by atoms with van der Waals surface area (Å²) in [6.45, 7) is 0. The molecule has 0 unspecified atom stereocenters. The highest BCUT2D eigenvalue weighted by molar-refractivity contribution is 9.10. The van der Waals surface area contributed by atoms with Gasteiger partial charge in [-0.1, -0.05) is 15.9 Å². The van der Waals surface area contributed by atoms with Crippen LogP contribution in [-0.4, -0.2) is 9.97 Å². The van der Waals surface area contributed by atoms with E-state index >= 15 is 0 Å². The number of benzene rings is 1. The fourth-order valence-electron chi connectivity index (χ4n) is 1.49. The van der Waals surface area contributed by atoms with Gasteiger partial charge in [0.05, 0.1) is 5.39 Å². The number of rotatable bonds is 0. The van der Waals surface area contributed by atoms with E-state index in [1.165, 1.54) is 6.33 Å². The van der Waals surface area contributed by atoms with Crippen LogP contribution in [-0.2, 0) is 0 Å². The Kier molecular flexibility index (Phi) is 1.58. The van der Waals surface area contributed by atoms with Crippen molar-refractivity contribution >= 4 is 38.0 Å². The molecule has 0 aliphatic rings. The van der Waals surface area contributed by atoms with Crippen molar-refractivity contribution in [2.75, 3.05) is 0 Å². The van der Waals surface area contributed by atoms with Crippen molar-refractivity contribution in [3.8, 4) is 0 Å². The third-order valence-corrected chi connectivity index (χ3v) is 2.61. The first-order chi connectivity index (χ1) is 6.84. The molecule has 1 aromatic carbocycles. The lowest BCUT2D eigenvalue weighted by Crippen LogP contribution is -1.74. The van der Waals surface area contributed by atoms with E-state index in [1.54, 1.807) is 6.20 Å². The van der Waals surface area contributed by atoms with Crippen LogP contribution in [0.1, 0.15) is 0 Å². The summed E-state index contributed by atoms with van der Waals surface area (Å²) in [4.78, 5) is 8.03. The van der Waals surface area contributed by atoms with Gasteiger partial charge in [0.2, 0.25) is 5.71 Å². The highest BCUT2D eigenvalue weighted by Gasteiger charge is 2.07. The van der Waals surface area contributed by atoms with Crippen LogP contribution in [0.4, 0.5) is 0 Å². The second-order valence-electron chi connectivity index (χ2n) is 2.98. The number of hydrogen-bond acceptors (Lipinski definition) is 3. The van der Waals surface area contributed by atoms with Crippen LogP contribution < -0.4 is 0 Å². The zero-order chi connectivity index (χ0) is 9.54. The first-order valence-corrected chi connectivity index (χ1v) is 4.92. The molecule has 0 bridgehead atoms. The maximum Gasteiger partial charge on any atom is 0.230 e. The zero-order valence-electron chi connectivity index (χ0n) is 7.07. The summed E-state index contributed by atoms with van der Waals surface area (Å²) in [6.07, 6.45) is 3.25. The minimum atomic E-state index is 0.633. The third kappa shape index (κ3) is 1.04. The van der Waals surface area contributed by atoms with E-state index in [0.717, 1.165) is 20.8 Å². The van der Waals surface area contributed by atoms with Gasteiger partial charge >= 0.3 is 0 Å². The average molecular weight is 249 g/mol. The fourth-order valence-corrected chi connectivity index (χ4v) is 1.85. The Morgan fingerprint density at radius 2 is 2.14 bits per heavy atom. The molecule has 0 saturated heterocycles. The molecule has 2 heterocycles. The summed E-state index contributed by atoms with van der Waals surface area (Å²) in [5.41, 5.74) is 1.47. The highest BCUT2D eigenvalue weighted by Crippen LogP contribution is 2.28. The first-order valence-electron chi connectivity index (χ1n) is 4.12. The molecule has 3 aromatic rings. The molecule has 68 valence electrons. The molecule has 0 fully saturated rings. The number of aromatic nitrogens is 2. The minimum absolute atomic E-state index is 0.633. The third-order valence-electron chi connectivity index (χ3n) is 2.11. The van der Waals surface area contributed by atoms with Crippen molar-refractivity contribution < 1.29 is 4.42 Å². The van der Waals surface area contributed by atoms with Crippen molar-refractivity contribution in [3.05, 3.63) is 35.2 Å². The predicted octanol–water partition coefficient (Wildman–Crippen LogP) is 3.14. The topological polar surface area (TPSA) is 38.9 Å². The second-order valence-corrected chi connectivity index (χ2v) is 3.90. The molecule has 0 amide bonds. The predicted molar refractivity (Wildman–Crippen MR) is 57.0 cm³/mol. The van der Waals surface area contributed by atoms with Crippen molar-refractivity contribution in [1.82, 2.24) is 9.97 Å². The van der Waals surface area contributed by atoms with Gasteiger partial charge in [-0.2, -0.15) is 0 Å². The van der Waals surface area contributed by atoms with E-state index in [0.29, 0.717) is 5.71 Å². The molecule has 3 nitrogen and oxygen atoms in total. The minimum Gasteiger partial charge on any atom is -0.438 e. The van der Waals surface area contributed by atoms with E-state index in [-0.39, 0.29) is 0 Å². The Balaban J connectivity index is 2.58. The van der Waals surface area contributed by atoms with E-state index in [4.69, 9.17) is 4.42 Å². The Bertz CT molecular complexity index is 618. The normalized spacial score (nSPS) is 11.2. The molecular formula is C10H5BrN2O. The highest BCUT2D eigenvalue weighted by atomic mass is 79.9. The molecule has 0 radical (unpaired) electrons. The van der Waals surface area contributed by atoms with E-state index < -0.39 is 0 Å². The molecule has 0 aliphatic carbocycles. The Morgan fingerprint density at radius 3 is 3.07 bits per heavy atom. The first kappa shape index (κ1) is 7.94. The van der Waals surface area contributed by atoms with Crippen LogP contribution in [0.15, 0.2) is 39.6 Å². The number of halogens is 1. The molecule has 2 aromatic heterocycles. The second kappa shape index (κ2) is 2.78. The maximum atomic E-state index is 5.54. The SMILES string of the molecule is Brc1ccc2oc3ncncc3c2c1. The van der Waals surface area contributed by atoms with Crippen molar-refractivity contribution in [1.29, 1.82) is 0 Å². The van der Waals surface area contributed by atoms with E-state index in [1.807, 2.05) is 18.2 Å². The van der Waals surface area contributed by atoms with Gasteiger partial charge in [0.1, 0.15) is 11.9 Å². The molecule has 3 rings (SSSR count). The van der Waals surface area contributed by atoms with E-state index in [9.17, 15) is 0 Å². The Hall–Kier alpha value is -1.42. The molecule has 0 spiro atoms. The van der Waals surface area contributed by atoms with Crippen LogP contribution in [0, 0.1) is 0 Å². The average Bonchev–Trinajstić information content (AvgIpc) is 2.56. The molecule has 0 N–H and O–H groups in total. The molecule has 0 saturated carbocycles. The number of furan rings is 1. The number of hydrogen-bond donors (Lipinski definition) is 0. The summed E-state index contributed by atoms with van der Waals surface area (Å²) in [5.74, 6) is 0. The molecule has 14 heavy (non-hydrogen) atoms. The molecule has 0 aliphatic heterocycles. The van der Waals surface area contributed by atoms with Gasteiger partial charge in [-0.05, 0) is 18.2 Å². The monoisotopic (exact) mass is 248 g/mol. The lowest BCUT2D eigenvalue weighted by Gasteiger charge is -1.88. The van der Waals surface area contributed by atoms with Gasteiger partial charge in [-0.3, -0.25) is 0 Å². The summed E-state index contributed by atoms with van der Waals surface area (Å²) in [6, 6.07) is 5.86. The summed E-state index contributed by atoms with van der Waals surface area (Å²) in [7, 11) is 0. The Morgan fingerprint density at radius 1 is 1.21 bits per heavy atom. The van der Waals surface area contributed by atoms with Crippen LogP contribution in [0.25, 0.3) is 22.1 Å². The lowest BCUT2D eigenvalue weighted by molar-refractivity contribution is 0.652. The largest absolute Gasteiger partial charge is 0.438 e. The van der Waals surface area contributed by atoms with Gasteiger partial charge in [0, 0.05) is 16.1 Å². The van der Waals surface area contributed by atoms with Crippen molar-refractivity contribution in [2.24, 2.45) is 0 Å². The van der Waals surface area contributed by atoms with Crippen molar-refractivity contribution in [3.63, 3.8) is 0 Å². The fraction of sp³-hybridized carbons (Fsp3) is 0. The summed E-state index contributed by atoms with van der Waals surface area (Å²) >= 11 is 3.42. The van der Waals surface area contributed by atoms with Gasteiger partial charge in [-0.15, -0.1) is 0 Å².